The van der Waals surface area contributed by atoms with E-state index in [1.54, 1.807) is 0 Å². The predicted molar refractivity (Wildman–Crippen MR) is 44.2 cm³/mol. The summed E-state index contributed by atoms with van der Waals surface area (Å²) >= 11 is 0. The monoisotopic (exact) mass is 151 g/mol. The number of nitrogens with zero attached hydrogens (tertiary/aromatic N) is 2. The topological polar surface area (TPSA) is 16.8 Å². The first-order chi connectivity index (χ1) is 5.11. The van der Waals surface area contributed by atoms with Crippen LogP contribution >= 0.6 is 0 Å². The molecular weight excluding hydrogens is 136 g/mol. The van der Waals surface area contributed by atoms with Crippen LogP contribution in [-0.4, -0.2) is 4.98 Å². The van der Waals surface area contributed by atoms with E-state index in [4.69, 9.17) is 0 Å². The van der Waals surface area contributed by atoms with E-state index in [1.807, 2.05) is 13.2 Å². The summed E-state index contributed by atoms with van der Waals surface area (Å²) in [7, 11) is 2.04. The van der Waals surface area contributed by atoms with Gasteiger partial charge in [-0.3, -0.25) is 0 Å². The number of hydrogen-bond donors (Lipinski definition) is 0. The molecule has 0 saturated carbocycles. The molecule has 1 rings (SSSR count). The van der Waals surface area contributed by atoms with Crippen LogP contribution < -0.4 is 4.57 Å². The zero-order valence-corrected chi connectivity index (χ0v) is 7.63. The van der Waals surface area contributed by atoms with Crippen molar-refractivity contribution in [3.05, 3.63) is 23.8 Å². The third-order valence-electron chi connectivity index (χ3n) is 1.68. The van der Waals surface area contributed by atoms with E-state index in [0.29, 0.717) is 5.92 Å². The summed E-state index contributed by atoms with van der Waals surface area (Å²) in [5.41, 5.74) is 1.21. The second kappa shape index (κ2) is 2.99. The molecule has 0 radical (unpaired) electrons. The molecule has 1 aromatic rings. The zero-order chi connectivity index (χ0) is 8.43. The van der Waals surface area contributed by atoms with Gasteiger partial charge < -0.3 is 0 Å². The van der Waals surface area contributed by atoms with E-state index in [9.17, 15) is 0 Å². The third kappa shape index (κ3) is 1.76. The Labute approximate surface area is 67.9 Å². The fraction of sp³-hybridized carbons (Fsp3) is 0.556. The zero-order valence-electron chi connectivity index (χ0n) is 7.63. The maximum atomic E-state index is 4.34. The van der Waals surface area contributed by atoms with Crippen LogP contribution in [0.2, 0.25) is 0 Å². The van der Waals surface area contributed by atoms with Gasteiger partial charge in [-0.15, -0.1) is 0 Å². The molecule has 2 nitrogen and oxygen atoms in total. The van der Waals surface area contributed by atoms with E-state index in [-0.39, 0.29) is 0 Å². The summed E-state index contributed by atoms with van der Waals surface area (Å²) in [5, 5.41) is 0. The Morgan fingerprint density at radius 1 is 1.45 bits per heavy atom. The van der Waals surface area contributed by atoms with Crippen LogP contribution in [0.3, 0.4) is 0 Å². The average molecular weight is 151 g/mol. The normalized spacial score (nSPS) is 10.6. The van der Waals surface area contributed by atoms with Crippen molar-refractivity contribution in [3.8, 4) is 0 Å². The van der Waals surface area contributed by atoms with Crippen molar-refractivity contribution in [1.82, 2.24) is 4.98 Å². The lowest BCUT2D eigenvalue weighted by atomic mass is 10.2. The molecule has 0 N–H and O–H groups in total. The fourth-order valence-corrected chi connectivity index (χ4v) is 1.22. The molecule has 0 amide bonds. The van der Waals surface area contributed by atoms with Crippen molar-refractivity contribution >= 4 is 0 Å². The van der Waals surface area contributed by atoms with Crippen LogP contribution in [0.4, 0.5) is 0 Å². The van der Waals surface area contributed by atoms with Gasteiger partial charge in [-0.05, 0) is 6.92 Å². The smallest absolute Gasteiger partial charge is 0.237 e. The summed E-state index contributed by atoms with van der Waals surface area (Å²) in [4.78, 5) is 4.34. The summed E-state index contributed by atoms with van der Waals surface area (Å²) in [5.74, 6) is 1.64. The minimum atomic E-state index is 0.501. The molecule has 0 saturated heterocycles. The second-order valence-electron chi connectivity index (χ2n) is 3.26. The van der Waals surface area contributed by atoms with Crippen molar-refractivity contribution in [2.24, 2.45) is 7.05 Å². The van der Waals surface area contributed by atoms with Crippen LogP contribution in [0.5, 0.6) is 0 Å². The molecular formula is C9H15N2+. The Morgan fingerprint density at radius 2 is 2.09 bits per heavy atom. The standard InChI is InChI=1S/C9H15N2/c1-7(2)9-10-5-8(3)6-11(9)4/h5-7H,1-4H3/q+1. The Hall–Kier alpha value is -0.920. The van der Waals surface area contributed by atoms with Crippen molar-refractivity contribution < 1.29 is 4.57 Å². The van der Waals surface area contributed by atoms with Crippen molar-refractivity contribution in [2.75, 3.05) is 0 Å². The van der Waals surface area contributed by atoms with Gasteiger partial charge in [0.05, 0.1) is 19.2 Å². The Kier molecular flexibility index (Phi) is 2.22. The van der Waals surface area contributed by atoms with E-state index in [2.05, 4.69) is 36.5 Å². The lowest BCUT2D eigenvalue weighted by Gasteiger charge is -2.00. The lowest BCUT2D eigenvalue weighted by Crippen LogP contribution is -2.35. The average Bonchev–Trinajstić information content (AvgIpc) is 1.85. The highest BCUT2D eigenvalue weighted by Gasteiger charge is 2.12. The molecule has 0 atom stereocenters. The second-order valence-corrected chi connectivity index (χ2v) is 3.26. The molecule has 1 aromatic heterocycles. The van der Waals surface area contributed by atoms with E-state index >= 15 is 0 Å². The molecule has 0 aliphatic carbocycles. The fourth-order valence-electron chi connectivity index (χ4n) is 1.22. The molecule has 0 aromatic carbocycles. The maximum Gasteiger partial charge on any atom is 0.300 e. The Bertz CT molecular complexity index is 254. The van der Waals surface area contributed by atoms with E-state index < -0.39 is 0 Å². The van der Waals surface area contributed by atoms with Gasteiger partial charge >= 0.3 is 5.82 Å². The van der Waals surface area contributed by atoms with Gasteiger partial charge in [0.1, 0.15) is 6.20 Å². The van der Waals surface area contributed by atoms with Gasteiger partial charge in [-0.25, -0.2) is 4.57 Å². The number of aryl methyl sites for hydroxylation is 2. The minimum absolute atomic E-state index is 0.501. The first-order valence-electron chi connectivity index (χ1n) is 3.93. The van der Waals surface area contributed by atoms with Crippen LogP contribution in [0, 0.1) is 6.92 Å². The van der Waals surface area contributed by atoms with Crippen molar-refractivity contribution in [1.29, 1.82) is 0 Å². The lowest BCUT2D eigenvalue weighted by molar-refractivity contribution is -0.683. The molecule has 60 valence electrons. The molecule has 1 heterocycles. The van der Waals surface area contributed by atoms with E-state index in [1.165, 1.54) is 5.56 Å². The molecule has 0 aliphatic rings. The molecule has 2 heteroatoms. The van der Waals surface area contributed by atoms with Gasteiger partial charge in [-0.2, -0.15) is 0 Å². The largest absolute Gasteiger partial charge is 0.300 e. The van der Waals surface area contributed by atoms with Gasteiger partial charge in [0, 0.05) is 5.56 Å². The van der Waals surface area contributed by atoms with Crippen LogP contribution in [-0.2, 0) is 7.05 Å². The summed E-state index contributed by atoms with van der Waals surface area (Å²) in [6.07, 6.45) is 4.01. The highest BCUT2D eigenvalue weighted by Crippen LogP contribution is 2.04. The van der Waals surface area contributed by atoms with E-state index in [0.717, 1.165) is 5.82 Å². The van der Waals surface area contributed by atoms with Gasteiger partial charge in [0.2, 0.25) is 0 Å². The molecule has 11 heavy (non-hydrogen) atoms. The van der Waals surface area contributed by atoms with Gasteiger partial charge in [0.25, 0.3) is 0 Å². The van der Waals surface area contributed by atoms with Crippen LogP contribution in [0.1, 0.15) is 31.2 Å². The van der Waals surface area contributed by atoms with Crippen LogP contribution in [0.25, 0.3) is 0 Å². The molecule has 0 unspecified atom stereocenters. The molecule has 0 spiro atoms. The minimum Gasteiger partial charge on any atom is -0.237 e. The summed E-state index contributed by atoms with van der Waals surface area (Å²) < 4.78 is 2.08. The first-order valence-corrected chi connectivity index (χ1v) is 3.93. The number of hydrogen-bond acceptors (Lipinski definition) is 1. The quantitative estimate of drug-likeness (QED) is 0.553. The number of rotatable bonds is 1. The number of aromatic nitrogens is 2. The Morgan fingerprint density at radius 3 is 2.55 bits per heavy atom. The predicted octanol–water partition coefficient (Wildman–Crippen LogP) is 1.34. The van der Waals surface area contributed by atoms with Crippen molar-refractivity contribution in [2.45, 2.75) is 26.7 Å². The summed E-state index contributed by atoms with van der Waals surface area (Å²) in [6.45, 7) is 6.35. The maximum absolute atomic E-state index is 4.34. The Balaban J connectivity index is 3.09. The van der Waals surface area contributed by atoms with Crippen molar-refractivity contribution in [3.63, 3.8) is 0 Å². The highest BCUT2D eigenvalue weighted by molar-refractivity contribution is 4.98. The third-order valence-corrected chi connectivity index (χ3v) is 1.68. The molecule has 0 fully saturated rings. The highest BCUT2D eigenvalue weighted by atomic mass is 15.0. The summed E-state index contributed by atoms with van der Waals surface area (Å²) in [6, 6.07) is 0. The van der Waals surface area contributed by atoms with Gasteiger partial charge in [0.15, 0.2) is 0 Å². The molecule has 0 aliphatic heterocycles. The molecule has 0 bridgehead atoms. The first kappa shape index (κ1) is 8.18. The van der Waals surface area contributed by atoms with Gasteiger partial charge in [-0.1, -0.05) is 18.8 Å². The SMILES string of the molecule is Cc1cnc(C(C)C)[n+](C)c1. The van der Waals surface area contributed by atoms with Crippen LogP contribution in [0.15, 0.2) is 12.4 Å².